The first-order valence-corrected chi connectivity index (χ1v) is 6.70. The zero-order valence-electron chi connectivity index (χ0n) is 11.3. The summed E-state index contributed by atoms with van der Waals surface area (Å²) >= 11 is 0. The van der Waals surface area contributed by atoms with Crippen LogP contribution in [0.3, 0.4) is 0 Å². The van der Waals surface area contributed by atoms with Crippen molar-refractivity contribution in [2.75, 3.05) is 0 Å². The van der Waals surface area contributed by atoms with E-state index < -0.39 is 0 Å². The zero-order valence-corrected chi connectivity index (χ0v) is 11.3. The normalized spacial score (nSPS) is 10.7. The minimum absolute atomic E-state index is 0.584. The van der Waals surface area contributed by atoms with Gasteiger partial charge in [-0.3, -0.25) is 0 Å². The average Bonchev–Trinajstić information content (AvgIpc) is 2.55. The van der Waals surface area contributed by atoms with Crippen LogP contribution in [0.2, 0.25) is 0 Å². The van der Waals surface area contributed by atoms with Crippen molar-refractivity contribution in [3.8, 4) is 0 Å². The van der Waals surface area contributed by atoms with E-state index >= 15 is 0 Å². The van der Waals surface area contributed by atoms with E-state index in [2.05, 4.69) is 9.98 Å². The minimum atomic E-state index is 0.584. The summed E-state index contributed by atoms with van der Waals surface area (Å²) in [5.74, 6) is 0. The lowest BCUT2D eigenvalue weighted by atomic mass is 9.93. The lowest BCUT2D eigenvalue weighted by Crippen LogP contribution is -1.84. The Hall–Kier alpha value is -3.32. The van der Waals surface area contributed by atoms with Crippen molar-refractivity contribution in [1.82, 2.24) is 0 Å². The molecular formula is C18H8N2O2. The fourth-order valence-electron chi connectivity index (χ4n) is 3.06. The third kappa shape index (κ3) is 1.60. The second-order valence-electron chi connectivity index (χ2n) is 5.00. The second-order valence-corrected chi connectivity index (χ2v) is 5.00. The molecule has 0 bridgehead atoms. The molecule has 0 atom stereocenters. The molecule has 0 aliphatic rings. The van der Waals surface area contributed by atoms with Gasteiger partial charge in [0, 0.05) is 10.8 Å². The van der Waals surface area contributed by atoms with Gasteiger partial charge in [-0.15, -0.1) is 0 Å². The average molecular weight is 284 g/mol. The molecule has 4 heteroatoms. The first kappa shape index (κ1) is 12.4. The van der Waals surface area contributed by atoms with E-state index in [1.807, 2.05) is 36.4 Å². The van der Waals surface area contributed by atoms with Gasteiger partial charge in [-0.25, -0.2) is 9.59 Å². The zero-order chi connectivity index (χ0) is 15.1. The molecule has 0 amide bonds. The van der Waals surface area contributed by atoms with Crippen LogP contribution in [0.25, 0.3) is 32.3 Å². The second kappa shape index (κ2) is 4.61. The van der Waals surface area contributed by atoms with E-state index in [1.54, 1.807) is 24.3 Å². The van der Waals surface area contributed by atoms with Crippen molar-refractivity contribution in [2.24, 2.45) is 9.98 Å². The molecule has 0 heterocycles. The maximum atomic E-state index is 10.6. The van der Waals surface area contributed by atoms with E-state index in [9.17, 15) is 9.59 Å². The molecular weight excluding hydrogens is 276 g/mol. The van der Waals surface area contributed by atoms with Crippen molar-refractivity contribution in [3.05, 3.63) is 48.5 Å². The van der Waals surface area contributed by atoms with E-state index in [-0.39, 0.29) is 0 Å². The van der Waals surface area contributed by atoms with Crippen molar-refractivity contribution in [1.29, 1.82) is 0 Å². The number of nitrogens with zero attached hydrogens (tertiary/aromatic N) is 2. The molecule has 4 aromatic rings. The summed E-state index contributed by atoms with van der Waals surface area (Å²) in [6.45, 7) is 0. The molecule has 0 aromatic heterocycles. The standard InChI is InChI=1S/C18H8N2O2/c21-9-19-15-8-4-12-2-6-14-16(20-10-22)7-3-11-1-5-13(15)18(12)17(11)14/h1-8H. The Morgan fingerprint density at radius 3 is 1.41 bits per heavy atom. The molecule has 0 radical (unpaired) electrons. The summed E-state index contributed by atoms with van der Waals surface area (Å²) in [5, 5.41) is 5.87. The Morgan fingerprint density at radius 2 is 1.00 bits per heavy atom. The highest BCUT2D eigenvalue weighted by Gasteiger charge is 2.12. The molecule has 0 spiro atoms. The van der Waals surface area contributed by atoms with Crippen LogP contribution in [0.5, 0.6) is 0 Å². The van der Waals surface area contributed by atoms with Crippen LogP contribution in [0.15, 0.2) is 58.5 Å². The molecule has 0 saturated carbocycles. The highest BCUT2D eigenvalue weighted by Crippen LogP contribution is 2.41. The quantitative estimate of drug-likeness (QED) is 0.309. The predicted octanol–water partition coefficient (Wildman–Crippen LogP) is 4.52. The largest absolute Gasteiger partial charge is 0.240 e. The molecule has 0 saturated heterocycles. The molecule has 4 nitrogen and oxygen atoms in total. The van der Waals surface area contributed by atoms with E-state index in [0.29, 0.717) is 11.4 Å². The summed E-state index contributed by atoms with van der Waals surface area (Å²) in [6, 6.07) is 15.3. The van der Waals surface area contributed by atoms with Crippen molar-refractivity contribution < 1.29 is 9.59 Å². The van der Waals surface area contributed by atoms with Crippen molar-refractivity contribution >= 4 is 55.9 Å². The highest BCUT2D eigenvalue weighted by molar-refractivity contribution is 6.26. The van der Waals surface area contributed by atoms with Gasteiger partial charge in [0.15, 0.2) is 0 Å². The minimum Gasteiger partial charge on any atom is -0.211 e. The first-order valence-electron chi connectivity index (χ1n) is 6.70. The number of benzene rings is 4. The van der Waals surface area contributed by atoms with Crippen LogP contribution in [-0.4, -0.2) is 12.2 Å². The lowest BCUT2D eigenvalue weighted by Gasteiger charge is -2.12. The molecule has 0 aliphatic heterocycles. The summed E-state index contributed by atoms with van der Waals surface area (Å²) in [6.07, 6.45) is 3.19. The molecule has 0 fully saturated rings. The molecule has 4 rings (SSSR count). The highest BCUT2D eigenvalue weighted by atomic mass is 16.1. The van der Waals surface area contributed by atoms with Gasteiger partial charge in [-0.2, -0.15) is 9.98 Å². The van der Waals surface area contributed by atoms with Crippen LogP contribution in [0.1, 0.15) is 0 Å². The summed E-state index contributed by atoms with van der Waals surface area (Å²) < 4.78 is 0. The van der Waals surface area contributed by atoms with Gasteiger partial charge in [0.25, 0.3) is 0 Å². The molecule has 0 aliphatic carbocycles. The smallest absolute Gasteiger partial charge is 0.211 e. The van der Waals surface area contributed by atoms with Gasteiger partial charge in [-0.1, -0.05) is 36.4 Å². The SMILES string of the molecule is O=C=Nc1ccc2ccc3c(N=C=O)ccc4ccc1c2c43. The third-order valence-electron chi connectivity index (χ3n) is 3.95. The Bertz CT molecular complexity index is 1040. The number of aliphatic imine (C=N–C) groups is 2. The number of rotatable bonds is 2. The first-order chi connectivity index (χ1) is 10.8. The van der Waals surface area contributed by atoms with Gasteiger partial charge in [-0.05, 0) is 33.7 Å². The van der Waals surface area contributed by atoms with E-state index in [0.717, 1.165) is 32.3 Å². The third-order valence-corrected chi connectivity index (χ3v) is 3.95. The molecule has 22 heavy (non-hydrogen) atoms. The van der Waals surface area contributed by atoms with Gasteiger partial charge in [0.05, 0.1) is 11.4 Å². The van der Waals surface area contributed by atoms with Gasteiger partial charge >= 0.3 is 0 Å². The summed E-state index contributed by atoms with van der Waals surface area (Å²) in [7, 11) is 0. The van der Waals surface area contributed by atoms with E-state index in [4.69, 9.17) is 0 Å². The number of hydrogen-bond acceptors (Lipinski definition) is 4. The fraction of sp³-hybridized carbons (Fsp3) is 0. The predicted molar refractivity (Wildman–Crippen MR) is 85.7 cm³/mol. The van der Waals surface area contributed by atoms with Crippen LogP contribution in [0.4, 0.5) is 11.4 Å². The van der Waals surface area contributed by atoms with Crippen LogP contribution in [-0.2, 0) is 9.59 Å². The Balaban J connectivity index is 2.32. The molecule has 4 aromatic carbocycles. The molecule has 102 valence electrons. The van der Waals surface area contributed by atoms with Crippen LogP contribution >= 0.6 is 0 Å². The summed E-state index contributed by atoms with van der Waals surface area (Å²) in [4.78, 5) is 28.8. The summed E-state index contributed by atoms with van der Waals surface area (Å²) in [5.41, 5.74) is 1.17. The fourth-order valence-corrected chi connectivity index (χ4v) is 3.06. The van der Waals surface area contributed by atoms with Crippen LogP contribution < -0.4 is 0 Å². The van der Waals surface area contributed by atoms with Gasteiger partial charge in [0.1, 0.15) is 0 Å². The van der Waals surface area contributed by atoms with E-state index in [1.165, 1.54) is 0 Å². The van der Waals surface area contributed by atoms with Crippen molar-refractivity contribution in [3.63, 3.8) is 0 Å². The number of hydrogen-bond donors (Lipinski definition) is 0. The van der Waals surface area contributed by atoms with Crippen molar-refractivity contribution in [2.45, 2.75) is 0 Å². The lowest BCUT2D eigenvalue weighted by molar-refractivity contribution is 0.564. The molecule has 0 N–H and O–H groups in total. The number of carbonyl (C=O) groups excluding carboxylic acids is 2. The Morgan fingerprint density at radius 1 is 0.591 bits per heavy atom. The Labute approximate surface area is 124 Å². The van der Waals surface area contributed by atoms with Gasteiger partial charge < -0.3 is 0 Å². The monoisotopic (exact) mass is 284 g/mol. The van der Waals surface area contributed by atoms with Gasteiger partial charge in [0.2, 0.25) is 12.2 Å². The Kier molecular flexibility index (Phi) is 2.60. The maximum absolute atomic E-state index is 10.6. The number of isocyanates is 2. The maximum Gasteiger partial charge on any atom is 0.240 e. The topological polar surface area (TPSA) is 58.9 Å². The molecule has 0 unspecified atom stereocenters. The van der Waals surface area contributed by atoms with Crippen LogP contribution in [0, 0.1) is 0 Å².